The van der Waals surface area contributed by atoms with Gasteiger partial charge in [0.15, 0.2) is 6.10 Å². The SMILES string of the molecule is COc1nc2ccccc2cc1C1=NOC(c2ccccc2)C1. The Kier molecular flexibility index (Phi) is 3.42. The fourth-order valence-corrected chi connectivity index (χ4v) is 2.84. The van der Waals surface area contributed by atoms with Crippen molar-refractivity contribution in [1.82, 2.24) is 4.98 Å². The van der Waals surface area contributed by atoms with Crippen molar-refractivity contribution >= 4 is 16.6 Å². The Morgan fingerprint density at radius 3 is 2.65 bits per heavy atom. The van der Waals surface area contributed by atoms with E-state index >= 15 is 0 Å². The monoisotopic (exact) mass is 304 g/mol. The average Bonchev–Trinajstić information content (AvgIpc) is 3.11. The number of ether oxygens (including phenoxy) is 1. The average molecular weight is 304 g/mol. The predicted octanol–water partition coefficient (Wildman–Crippen LogP) is 4.11. The van der Waals surface area contributed by atoms with Gasteiger partial charge in [-0.15, -0.1) is 0 Å². The van der Waals surface area contributed by atoms with Crippen molar-refractivity contribution in [3.8, 4) is 5.88 Å². The second-order valence-corrected chi connectivity index (χ2v) is 5.48. The Labute approximate surface area is 134 Å². The fraction of sp³-hybridized carbons (Fsp3) is 0.158. The molecule has 0 saturated carbocycles. The molecule has 0 saturated heterocycles. The number of para-hydroxylation sites is 1. The lowest BCUT2D eigenvalue weighted by Gasteiger charge is -2.09. The number of nitrogens with zero attached hydrogens (tertiary/aromatic N) is 2. The van der Waals surface area contributed by atoms with E-state index in [2.05, 4.69) is 28.3 Å². The van der Waals surface area contributed by atoms with E-state index in [4.69, 9.17) is 9.57 Å². The molecule has 0 amide bonds. The first-order valence-corrected chi connectivity index (χ1v) is 7.57. The normalized spacial score (nSPS) is 16.9. The second-order valence-electron chi connectivity index (χ2n) is 5.48. The van der Waals surface area contributed by atoms with Gasteiger partial charge in [-0.3, -0.25) is 0 Å². The fourth-order valence-electron chi connectivity index (χ4n) is 2.84. The maximum absolute atomic E-state index is 5.62. The molecular weight excluding hydrogens is 288 g/mol. The van der Waals surface area contributed by atoms with E-state index in [-0.39, 0.29) is 6.10 Å². The molecule has 114 valence electrons. The van der Waals surface area contributed by atoms with E-state index in [0.717, 1.165) is 27.7 Å². The van der Waals surface area contributed by atoms with E-state index in [1.165, 1.54) is 0 Å². The summed E-state index contributed by atoms with van der Waals surface area (Å²) < 4.78 is 5.46. The topological polar surface area (TPSA) is 43.7 Å². The molecule has 4 heteroatoms. The van der Waals surface area contributed by atoms with Crippen molar-refractivity contribution in [2.75, 3.05) is 7.11 Å². The van der Waals surface area contributed by atoms with Crippen LogP contribution in [0.4, 0.5) is 0 Å². The maximum Gasteiger partial charge on any atom is 0.223 e. The highest BCUT2D eigenvalue weighted by Crippen LogP contribution is 2.32. The number of rotatable bonds is 3. The summed E-state index contributed by atoms with van der Waals surface area (Å²) >= 11 is 0. The smallest absolute Gasteiger partial charge is 0.223 e. The summed E-state index contributed by atoms with van der Waals surface area (Å²) in [7, 11) is 1.63. The van der Waals surface area contributed by atoms with Crippen LogP contribution in [0.3, 0.4) is 0 Å². The Balaban J connectivity index is 1.69. The number of aromatic nitrogens is 1. The minimum Gasteiger partial charge on any atom is -0.480 e. The largest absolute Gasteiger partial charge is 0.480 e. The van der Waals surface area contributed by atoms with Gasteiger partial charge in [0, 0.05) is 11.8 Å². The summed E-state index contributed by atoms with van der Waals surface area (Å²) in [5.74, 6) is 0.583. The van der Waals surface area contributed by atoms with Crippen molar-refractivity contribution in [1.29, 1.82) is 0 Å². The van der Waals surface area contributed by atoms with Gasteiger partial charge in [0.05, 0.1) is 23.9 Å². The lowest BCUT2D eigenvalue weighted by atomic mass is 10.00. The molecule has 2 aromatic carbocycles. The number of pyridine rings is 1. The number of hydrogen-bond acceptors (Lipinski definition) is 4. The zero-order valence-corrected chi connectivity index (χ0v) is 12.8. The minimum atomic E-state index is -0.0534. The lowest BCUT2D eigenvalue weighted by Crippen LogP contribution is -2.05. The first kappa shape index (κ1) is 13.8. The summed E-state index contributed by atoms with van der Waals surface area (Å²) in [4.78, 5) is 10.2. The van der Waals surface area contributed by atoms with E-state index in [9.17, 15) is 0 Å². The molecule has 3 aromatic rings. The van der Waals surface area contributed by atoms with Gasteiger partial charge >= 0.3 is 0 Å². The number of benzene rings is 2. The summed E-state index contributed by atoms with van der Waals surface area (Å²) in [5, 5.41) is 5.34. The molecule has 1 aliphatic rings. The Morgan fingerprint density at radius 2 is 1.83 bits per heavy atom. The van der Waals surface area contributed by atoms with E-state index in [1.807, 2.05) is 42.5 Å². The van der Waals surface area contributed by atoms with E-state index in [0.29, 0.717) is 12.3 Å². The van der Waals surface area contributed by atoms with Crippen LogP contribution in [0.15, 0.2) is 65.8 Å². The maximum atomic E-state index is 5.62. The zero-order chi connectivity index (χ0) is 15.6. The summed E-state index contributed by atoms with van der Waals surface area (Å²) in [6, 6.07) is 20.2. The van der Waals surface area contributed by atoms with Gasteiger partial charge in [0.1, 0.15) is 0 Å². The van der Waals surface area contributed by atoms with Crippen LogP contribution in [0.2, 0.25) is 0 Å². The van der Waals surface area contributed by atoms with Gasteiger partial charge in [-0.1, -0.05) is 53.7 Å². The highest BCUT2D eigenvalue weighted by atomic mass is 16.6. The van der Waals surface area contributed by atoms with Crippen LogP contribution in [-0.2, 0) is 4.84 Å². The highest BCUT2D eigenvalue weighted by molar-refractivity contribution is 6.05. The van der Waals surface area contributed by atoms with Gasteiger partial charge in [-0.2, -0.15) is 0 Å². The molecule has 0 bridgehead atoms. The summed E-state index contributed by atoms with van der Waals surface area (Å²) in [6.45, 7) is 0. The first-order valence-electron chi connectivity index (χ1n) is 7.57. The van der Waals surface area contributed by atoms with Gasteiger partial charge in [-0.25, -0.2) is 4.98 Å². The van der Waals surface area contributed by atoms with Crippen molar-refractivity contribution in [2.45, 2.75) is 12.5 Å². The minimum absolute atomic E-state index is 0.0534. The van der Waals surface area contributed by atoms with Crippen LogP contribution < -0.4 is 4.74 Å². The third kappa shape index (κ3) is 2.52. The summed E-state index contributed by atoms with van der Waals surface area (Å²) in [6.07, 6.45) is 0.655. The molecule has 23 heavy (non-hydrogen) atoms. The molecule has 0 fully saturated rings. The zero-order valence-electron chi connectivity index (χ0n) is 12.8. The molecule has 1 unspecified atom stereocenters. The van der Waals surface area contributed by atoms with Crippen LogP contribution in [0.5, 0.6) is 5.88 Å². The van der Waals surface area contributed by atoms with Gasteiger partial charge in [0.2, 0.25) is 5.88 Å². The predicted molar refractivity (Wildman–Crippen MR) is 89.7 cm³/mol. The van der Waals surface area contributed by atoms with Crippen LogP contribution in [-0.4, -0.2) is 17.8 Å². The molecule has 1 atom stereocenters. The van der Waals surface area contributed by atoms with Gasteiger partial charge in [0.25, 0.3) is 0 Å². The Hall–Kier alpha value is -2.88. The lowest BCUT2D eigenvalue weighted by molar-refractivity contribution is 0.0857. The Morgan fingerprint density at radius 1 is 1.04 bits per heavy atom. The number of methoxy groups -OCH3 is 1. The van der Waals surface area contributed by atoms with Gasteiger partial charge in [-0.05, 0) is 17.7 Å². The molecule has 2 heterocycles. The van der Waals surface area contributed by atoms with Crippen molar-refractivity contribution in [3.63, 3.8) is 0 Å². The molecule has 0 N–H and O–H groups in total. The molecule has 4 rings (SSSR count). The number of hydrogen-bond donors (Lipinski definition) is 0. The second kappa shape index (κ2) is 5.72. The molecule has 1 aromatic heterocycles. The summed E-state index contributed by atoms with van der Waals surface area (Å²) in [5.41, 5.74) is 3.80. The third-order valence-corrected chi connectivity index (χ3v) is 4.03. The van der Waals surface area contributed by atoms with E-state index < -0.39 is 0 Å². The Bertz CT molecular complexity index is 875. The van der Waals surface area contributed by atoms with Crippen molar-refractivity contribution in [3.05, 3.63) is 71.8 Å². The standard InChI is InChI=1S/C19H16N2O2/c1-22-19-15(11-14-9-5-6-10-16(14)20-19)17-12-18(23-21-17)13-7-3-2-4-8-13/h2-11,18H,12H2,1H3. The number of fused-ring (bicyclic) bond motifs is 1. The number of oxime groups is 1. The molecular formula is C19H16N2O2. The van der Waals surface area contributed by atoms with Crippen molar-refractivity contribution < 1.29 is 9.57 Å². The molecule has 1 aliphatic heterocycles. The van der Waals surface area contributed by atoms with Crippen LogP contribution in [0.25, 0.3) is 10.9 Å². The molecule has 0 aliphatic carbocycles. The molecule has 4 nitrogen and oxygen atoms in total. The van der Waals surface area contributed by atoms with Crippen LogP contribution >= 0.6 is 0 Å². The first-order chi connectivity index (χ1) is 11.3. The quantitative estimate of drug-likeness (QED) is 0.731. The van der Waals surface area contributed by atoms with Crippen molar-refractivity contribution in [2.24, 2.45) is 5.16 Å². The van der Waals surface area contributed by atoms with Crippen LogP contribution in [0, 0.1) is 0 Å². The molecule has 0 radical (unpaired) electrons. The van der Waals surface area contributed by atoms with E-state index in [1.54, 1.807) is 7.11 Å². The van der Waals surface area contributed by atoms with Gasteiger partial charge < -0.3 is 9.57 Å². The highest BCUT2D eigenvalue weighted by Gasteiger charge is 2.26. The van der Waals surface area contributed by atoms with Crippen LogP contribution in [0.1, 0.15) is 23.7 Å². The third-order valence-electron chi connectivity index (χ3n) is 4.03. The molecule has 0 spiro atoms.